The predicted octanol–water partition coefficient (Wildman–Crippen LogP) is 3.91. The minimum absolute atomic E-state index is 0.509. The van der Waals surface area contributed by atoms with Crippen LogP contribution in [0, 0.1) is 0 Å². The molecular formula is C22H16ClN9. The van der Waals surface area contributed by atoms with Crippen molar-refractivity contribution in [3.05, 3.63) is 71.6 Å². The first-order chi connectivity index (χ1) is 15.8. The van der Waals surface area contributed by atoms with E-state index in [1.165, 1.54) is 0 Å². The zero-order chi connectivity index (χ0) is 21.5. The Kier molecular flexibility index (Phi) is 4.39. The van der Waals surface area contributed by atoms with E-state index in [0.29, 0.717) is 24.1 Å². The summed E-state index contributed by atoms with van der Waals surface area (Å²) >= 11 is 6.51. The molecule has 0 bridgehead atoms. The minimum atomic E-state index is 0.509. The van der Waals surface area contributed by atoms with Crippen LogP contribution >= 0.6 is 11.6 Å². The van der Waals surface area contributed by atoms with Crippen LogP contribution in [0.25, 0.3) is 33.5 Å². The van der Waals surface area contributed by atoms with Crippen molar-refractivity contribution < 1.29 is 0 Å². The Morgan fingerprint density at radius 3 is 2.84 bits per heavy atom. The maximum absolute atomic E-state index is 6.51. The van der Waals surface area contributed by atoms with Crippen molar-refractivity contribution in [2.24, 2.45) is 0 Å². The number of para-hydroxylation sites is 1. The van der Waals surface area contributed by atoms with Crippen LogP contribution in [0.15, 0.2) is 61.1 Å². The van der Waals surface area contributed by atoms with Gasteiger partial charge in [0.25, 0.3) is 0 Å². The van der Waals surface area contributed by atoms with Gasteiger partial charge in [-0.1, -0.05) is 48.0 Å². The molecule has 10 heteroatoms. The van der Waals surface area contributed by atoms with Crippen LogP contribution in [-0.2, 0) is 6.54 Å². The molecule has 2 N–H and O–H groups in total. The van der Waals surface area contributed by atoms with Gasteiger partial charge in [-0.2, -0.15) is 5.21 Å². The van der Waals surface area contributed by atoms with Crippen molar-refractivity contribution in [2.45, 2.75) is 6.54 Å². The monoisotopic (exact) mass is 441 g/mol. The number of rotatable bonds is 4. The number of aromatic nitrogens is 7. The van der Waals surface area contributed by atoms with Gasteiger partial charge < -0.3 is 10.2 Å². The van der Waals surface area contributed by atoms with Crippen molar-refractivity contribution in [3.8, 4) is 22.6 Å². The summed E-state index contributed by atoms with van der Waals surface area (Å²) in [5.74, 6) is 1.33. The van der Waals surface area contributed by atoms with Gasteiger partial charge >= 0.3 is 0 Å². The molecule has 0 unspecified atom stereocenters. The zero-order valence-corrected chi connectivity index (χ0v) is 17.5. The normalized spacial score (nSPS) is 12.7. The molecular weight excluding hydrogens is 426 g/mol. The molecule has 156 valence electrons. The lowest BCUT2D eigenvalue weighted by Gasteiger charge is -2.20. The van der Waals surface area contributed by atoms with Gasteiger partial charge in [-0.15, -0.1) is 10.2 Å². The molecule has 0 saturated heterocycles. The smallest absolute Gasteiger partial charge is 0.205 e. The van der Waals surface area contributed by atoms with E-state index < -0.39 is 0 Å². The van der Waals surface area contributed by atoms with Gasteiger partial charge in [0, 0.05) is 23.1 Å². The molecule has 32 heavy (non-hydrogen) atoms. The third kappa shape index (κ3) is 3.10. The highest BCUT2D eigenvalue weighted by Crippen LogP contribution is 2.36. The third-order valence-electron chi connectivity index (χ3n) is 5.48. The van der Waals surface area contributed by atoms with Crippen LogP contribution in [0.5, 0.6) is 0 Å². The van der Waals surface area contributed by atoms with Crippen molar-refractivity contribution in [1.82, 2.24) is 35.6 Å². The number of hydrogen-bond donors (Lipinski definition) is 2. The van der Waals surface area contributed by atoms with E-state index in [2.05, 4.69) is 46.9 Å². The number of nitrogens with one attached hydrogen (secondary N) is 2. The highest BCUT2D eigenvalue weighted by atomic mass is 35.5. The number of anilines is 2. The molecule has 0 atom stereocenters. The number of H-pyrrole nitrogens is 1. The summed E-state index contributed by atoms with van der Waals surface area (Å²) in [7, 11) is 0. The molecule has 1 aliphatic heterocycles. The van der Waals surface area contributed by atoms with Gasteiger partial charge in [0.15, 0.2) is 5.82 Å². The number of fused-ring (bicyclic) bond motifs is 2. The summed E-state index contributed by atoms with van der Waals surface area (Å²) in [6.45, 7) is 1.24. The average Bonchev–Trinajstić information content (AvgIpc) is 3.50. The van der Waals surface area contributed by atoms with E-state index in [0.717, 1.165) is 44.8 Å². The Hall–Kier alpha value is -4.11. The first-order valence-electron chi connectivity index (χ1n) is 9.98. The third-order valence-corrected chi connectivity index (χ3v) is 5.78. The van der Waals surface area contributed by atoms with E-state index in [4.69, 9.17) is 16.6 Å². The first kappa shape index (κ1) is 18.6. The number of halogens is 1. The number of hydrogen-bond acceptors (Lipinski definition) is 8. The largest absolute Gasteiger partial charge is 0.351 e. The second kappa shape index (κ2) is 7.54. The van der Waals surface area contributed by atoms with Crippen LogP contribution in [0.4, 0.5) is 11.5 Å². The summed E-state index contributed by atoms with van der Waals surface area (Å²) in [5.41, 5.74) is 5.30. The Morgan fingerprint density at radius 2 is 1.97 bits per heavy atom. The van der Waals surface area contributed by atoms with Crippen LogP contribution in [0.1, 0.15) is 5.56 Å². The summed E-state index contributed by atoms with van der Waals surface area (Å²) in [6.07, 6.45) is 3.36. The highest BCUT2D eigenvalue weighted by Gasteiger charge is 2.23. The summed E-state index contributed by atoms with van der Waals surface area (Å²) in [4.78, 5) is 15.7. The van der Waals surface area contributed by atoms with Crippen molar-refractivity contribution in [1.29, 1.82) is 0 Å². The lowest BCUT2D eigenvalue weighted by molar-refractivity contribution is 0.869. The predicted molar refractivity (Wildman–Crippen MR) is 122 cm³/mol. The molecule has 5 aromatic rings. The molecule has 0 radical (unpaired) electrons. The molecule has 0 amide bonds. The van der Waals surface area contributed by atoms with Gasteiger partial charge in [-0.05, 0) is 22.9 Å². The SMILES string of the molecule is Clc1cccc2cc(CN3CNc4ncncc43)c(-c3ccccc3-c3nn[nH]n3)nc12. The van der Waals surface area contributed by atoms with Crippen molar-refractivity contribution >= 4 is 34.0 Å². The first-order valence-corrected chi connectivity index (χ1v) is 10.4. The lowest BCUT2D eigenvalue weighted by atomic mass is 9.98. The lowest BCUT2D eigenvalue weighted by Crippen LogP contribution is -2.22. The topological polar surface area (TPSA) is 108 Å². The number of aromatic amines is 1. The number of tetrazole rings is 1. The molecule has 3 aromatic heterocycles. The van der Waals surface area contributed by atoms with Gasteiger partial charge in [0.05, 0.1) is 29.1 Å². The van der Waals surface area contributed by atoms with Crippen molar-refractivity contribution in [2.75, 3.05) is 16.9 Å². The van der Waals surface area contributed by atoms with Crippen LogP contribution in [0.2, 0.25) is 5.02 Å². The average molecular weight is 442 g/mol. The molecule has 0 spiro atoms. The van der Waals surface area contributed by atoms with Gasteiger partial charge in [-0.25, -0.2) is 15.0 Å². The zero-order valence-electron chi connectivity index (χ0n) is 16.7. The van der Waals surface area contributed by atoms with E-state index in [-0.39, 0.29) is 0 Å². The van der Waals surface area contributed by atoms with Gasteiger partial charge in [-0.3, -0.25) is 0 Å². The molecule has 0 saturated carbocycles. The quantitative estimate of drug-likeness (QED) is 0.432. The van der Waals surface area contributed by atoms with Crippen LogP contribution < -0.4 is 10.2 Å². The standard InChI is InChI=1S/C22H16ClN9/c23-17-7-3-4-13-8-14(10-32-12-26-22-18(32)9-24-11-25-22)19(27-20(13)17)15-5-1-2-6-16(15)21-28-30-31-29-21/h1-9,11H,10,12H2,(H,24,25,26)(H,28,29,30,31). The Morgan fingerprint density at radius 1 is 1.06 bits per heavy atom. The molecule has 9 nitrogen and oxygen atoms in total. The second-order valence-corrected chi connectivity index (χ2v) is 7.79. The van der Waals surface area contributed by atoms with E-state index >= 15 is 0 Å². The van der Waals surface area contributed by atoms with Crippen LogP contribution in [0.3, 0.4) is 0 Å². The maximum Gasteiger partial charge on any atom is 0.205 e. The number of pyridine rings is 1. The molecule has 6 rings (SSSR count). The highest BCUT2D eigenvalue weighted by molar-refractivity contribution is 6.35. The molecule has 4 heterocycles. The van der Waals surface area contributed by atoms with E-state index in [9.17, 15) is 0 Å². The van der Waals surface area contributed by atoms with Gasteiger partial charge in [0.1, 0.15) is 12.0 Å². The summed E-state index contributed by atoms with van der Waals surface area (Å²) in [6, 6.07) is 15.8. The maximum atomic E-state index is 6.51. The minimum Gasteiger partial charge on any atom is -0.351 e. The molecule has 1 aliphatic rings. The Labute approximate surface area is 187 Å². The Balaban J connectivity index is 1.54. The number of nitrogens with zero attached hydrogens (tertiary/aromatic N) is 7. The fourth-order valence-corrected chi connectivity index (χ4v) is 4.24. The molecule has 0 aliphatic carbocycles. The molecule has 0 fully saturated rings. The fraction of sp³-hybridized carbons (Fsp3) is 0.0909. The van der Waals surface area contributed by atoms with Gasteiger partial charge in [0.2, 0.25) is 5.82 Å². The summed E-state index contributed by atoms with van der Waals surface area (Å²) < 4.78 is 0. The fourth-order valence-electron chi connectivity index (χ4n) is 4.01. The second-order valence-electron chi connectivity index (χ2n) is 7.38. The Bertz CT molecular complexity index is 1440. The van der Waals surface area contributed by atoms with Crippen molar-refractivity contribution in [3.63, 3.8) is 0 Å². The van der Waals surface area contributed by atoms with Crippen LogP contribution in [-0.4, -0.2) is 42.2 Å². The molecule has 2 aromatic carbocycles. The van der Waals surface area contributed by atoms with E-state index in [1.807, 2.05) is 48.7 Å². The van der Waals surface area contributed by atoms with E-state index in [1.54, 1.807) is 6.33 Å². The summed E-state index contributed by atoms with van der Waals surface area (Å²) in [5, 5.41) is 19.5. The number of benzene rings is 2.